The maximum Gasteiger partial charge on any atom is 0.215 e. The summed E-state index contributed by atoms with van der Waals surface area (Å²) in [7, 11) is -1.86. The molecule has 1 aliphatic rings. The van der Waals surface area contributed by atoms with Crippen LogP contribution < -0.4 is 14.9 Å². The Kier molecular flexibility index (Phi) is 10.2. The predicted octanol–water partition coefficient (Wildman–Crippen LogP) is 2.78. The lowest BCUT2D eigenvalue weighted by Crippen LogP contribution is -2.52. The number of aliphatic imine (C=N–C) groups is 1. The third-order valence-corrected chi connectivity index (χ3v) is 6.54. The molecule has 0 unspecified atom stereocenters. The molecular formula is C22H31FIN5O2S. The predicted molar refractivity (Wildman–Crippen MR) is 139 cm³/mol. The first kappa shape index (κ1) is 26.3. The maximum atomic E-state index is 13.2. The Labute approximate surface area is 207 Å². The van der Waals surface area contributed by atoms with E-state index in [1.165, 1.54) is 19.2 Å². The summed E-state index contributed by atoms with van der Waals surface area (Å²) in [6.07, 6.45) is 0. The van der Waals surface area contributed by atoms with Gasteiger partial charge >= 0.3 is 0 Å². The quantitative estimate of drug-likeness (QED) is 0.302. The molecule has 0 saturated carbocycles. The average molecular weight is 575 g/mol. The van der Waals surface area contributed by atoms with Crippen LogP contribution in [-0.4, -0.2) is 59.0 Å². The van der Waals surface area contributed by atoms with Crippen LogP contribution in [0.5, 0.6) is 0 Å². The SMILES string of the molecule is CCNC(=NCc1ccc(CS(=O)(=O)NC)cc1)N1CCN(c2ccc(F)cc2)CC1.I. The van der Waals surface area contributed by atoms with Gasteiger partial charge in [-0.25, -0.2) is 22.5 Å². The molecule has 0 aromatic heterocycles. The molecular weight excluding hydrogens is 544 g/mol. The van der Waals surface area contributed by atoms with Gasteiger partial charge in [0.15, 0.2) is 5.96 Å². The molecule has 0 aliphatic carbocycles. The highest BCUT2D eigenvalue weighted by atomic mass is 127. The summed E-state index contributed by atoms with van der Waals surface area (Å²) in [5.41, 5.74) is 2.79. The molecule has 2 aromatic carbocycles. The van der Waals surface area contributed by atoms with Crippen molar-refractivity contribution < 1.29 is 12.8 Å². The molecule has 7 nitrogen and oxygen atoms in total. The zero-order valence-corrected chi connectivity index (χ0v) is 21.6. The summed E-state index contributed by atoms with van der Waals surface area (Å²) < 4.78 is 38.8. The van der Waals surface area contributed by atoms with Crippen molar-refractivity contribution in [2.45, 2.75) is 19.2 Å². The zero-order chi connectivity index (χ0) is 22.3. The van der Waals surface area contributed by atoms with Crippen molar-refractivity contribution in [3.05, 3.63) is 65.5 Å². The van der Waals surface area contributed by atoms with Gasteiger partial charge in [-0.2, -0.15) is 0 Å². The second-order valence-electron chi connectivity index (χ2n) is 7.40. The fourth-order valence-corrected chi connectivity index (χ4v) is 4.23. The van der Waals surface area contributed by atoms with Crippen molar-refractivity contribution in [3.63, 3.8) is 0 Å². The average Bonchev–Trinajstić information content (AvgIpc) is 2.78. The summed E-state index contributed by atoms with van der Waals surface area (Å²) in [6, 6.07) is 14.1. The van der Waals surface area contributed by atoms with Gasteiger partial charge in [0.2, 0.25) is 10.0 Å². The summed E-state index contributed by atoms with van der Waals surface area (Å²) in [6.45, 7) is 6.65. The highest BCUT2D eigenvalue weighted by Crippen LogP contribution is 2.17. The number of rotatable bonds is 7. The third kappa shape index (κ3) is 7.59. The largest absolute Gasteiger partial charge is 0.368 e. The van der Waals surface area contributed by atoms with E-state index in [-0.39, 0.29) is 35.5 Å². The van der Waals surface area contributed by atoms with E-state index in [2.05, 4.69) is 19.8 Å². The normalized spacial score (nSPS) is 14.8. The van der Waals surface area contributed by atoms with Crippen LogP contribution in [0.4, 0.5) is 10.1 Å². The number of nitrogens with zero attached hydrogens (tertiary/aromatic N) is 3. The molecule has 0 atom stereocenters. The van der Waals surface area contributed by atoms with Crippen LogP contribution in [0.25, 0.3) is 0 Å². The summed E-state index contributed by atoms with van der Waals surface area (Å²) in [4.78, 5) is 9.25. The van der Waals surface area contributed by atoms with Crippen LogP contribution >= 0.6 is 24.0 Å². The third-order valence-electron chi connectivity index (χ3n) is 5.21. The molecule has 176 valence electrons. The van der Waals surface area contributed by atoms with Gasteiger partial charge in [0.1, 0.15) is 5.82 Å². The molecule has 0 spiro atoms. The van der Waals surface area contributed by atoms with E-state index in [4.69, 9.17) is 4.99 Å². The zero-order valence-electron chi connectivity index (χ0n) is 18.4. The van der Waals surface area contributed by atoms with Crippen LogP contribution in [0, 0.1) is 5.82 Å². The van der Waals surface area contributed by atoms with E-state index >= 15 is 0 Å². The van der Waals surface area contributed by atoms with Crippen molar-refractivity contribution >= 4 is 45.6 Å². The van der Waals surface area contributed by atoms with Gasteiger partial charge in [-0.05, 0) is 49.4 Å². The number of benzene rings is 2. The van der Waals surface area contributed by atoms with Gasteiger partial charge in [-0.3, -0.25) is 0 Å². The van der Waals surface area contributed by atoms with Gasteiger partial charge in [0, 0.05) is 38.4 Å². The van der Waals surface area contributed by atoms with Crippen LogP contribution in [0.15, 0.2) is 53.5 Å². The first-order valence-electron chi connectivity index (χ1n) is 10.4. The molecule has 10 heteroatoms. The lowest BCUT2D eigenvalue weighted by atomic mass is 10.1. The number of sulfonamides is 1. The van der Waals surface area contributed by atoms with Crippen LogP contribution in [-0.2, 0) is 22.3 Å². The highest BCUT2D eigenvalue weighted by Gasteiger charge is 2.20. The van der Waals surface area contributed by atoms with E-state index < -0.39 is 10.0 Å². The number of piperazine rings is 1. The molecule has 0 amide bonds. The first-order chi connectivity index (χ1) is 14.9. The number of hydrogen-bond acceptors (Lipinski definition) is 4. The molecule has 1 aliphatic heterocycles. The molecule has 0 radical (unpaired) electrons. The molecule has 1 heterocycles. The number of nitrogens with one attached hydrogen (secondary N) is 2. The lowest BCUT2D eigenvalue weighted by molar-refractivity contribution is 0.372. The summed E-state index contributed by atoms with van der Waals surface area (Å²) in [5.74, 6) is 0.609. The summed E-state index contributed by atoms with van der Waals surface area (Å²) in [5, 5.41) is 3.35. The molecule has 2 aromatic rings. The Balaban J connectivity index is 0.00000363. The van der Waals surface area contributed by atoms with Crippen LogP contribution in [0.3, 0.4) is 0 Å². The minimum Gasteiger partial charge on any atom is -0.368 e. The Morgan fingerprint density at radius 2 is 1.59 bits per heavy atom. The van der Waals surface area contributed by atoms with Crippen molar-refractivity contribution in [2.75, 3.05) is 44.7 Å². The van der Waals surface area contributed by atoms with E-state index in [1.54, 1.807) is 0 Å². The van der Waals surface area contributed by atoms with E-state index in [0.29, 0.717) is 6.54 Å². The van der Waals surface area contributed by atoms with E-state index in [9.17, 15) is 12.8 Å². The Bertz CT molecular complexity index is 976. The molecule has 0 bridgehead atoms. The second kappa shape index (κ2) is 12.4. The van der Waals surface area contributed by atoms with Gasteiger partial charge in [-0.15, -0.1) is 24.0 Å². The minimum absolute atomic E-state index is 0. The second-order valence-corrected chi connectivity index (χ2v) is 9.33. The van der Waals surface area contributed by atoms with Crippen LogP contribution in [0.2, 0.25) is 0 Å². The lowest BCUT2D eigenvalue weighted by Gasteiger charge is -2.37. The molecule has 3 rings (SSSR count). The Morgan fingerprint density at radius 3 is 2.16 bits per heavy atom. The van der Waals surface area contributed by atoms with Crippen molar-refractivity contribution in [3.8, 4) is 0 Å². The van der Waals surface area contributed by atoms with Crippen molar-refractivity contribution in [2.24, 2.45) is 4.99 Å². The highest BCUT2D eigenvalue weighted by molar-refractivity contribution is 14.0. The van der Waals surface area contributed by atoms with Gasteiger partial charge in [0.05, 0.1) is 12.3 Å². The number of hydrogen-bond donors (Lipinski definition) is 2. The monoisotopic (exact) mass is 575 g/mol. The maximum absolute atomic E-state index is 13.2. The number of anilines is 1. The van der Waals surface area contributed by atoms with Gasteiger partial charge in [0.25, 0.3) is 0 Å². The minimum atomic E-state index is -3.28. The van der Waals surface area contributed by atoms with Crippen molar-refractivity contribution in [1.29, 1.82) is 0 Å². The molecule has 1 saturated heterocycles. The topological polar surface area (TPSA) is 77.0 Å². The number of guanidine groups is 1. The van der Waals surface area contributed by atoms with Gasteiger partial charge < -0.3 is 15.1 Å². The fraction of sp³-hybridized carbons (Fsp3) is 0.409. The summed E-state index contributed by atoms with van der Waals surface area (Å²) >= 11 is 0. The number of halogens is 2. The smallest absolute Gasteiger partial charge is 0.215 e. The van der Waals surface area contributed by atoms with Gasteiger partial charge in [-0.1, -0.05) is 24.3 Å². The molecule has 2 N–H and O–H groups in total. The standard InChI is InChI=1S/C22H30FN5O2S.HI/c1-3-25-22(26-16-18-4-6-19(7-5-18)17-31(29,30)24-2)28-14-12-27(13-15-28)21-10-8-20(23)9-11-21;/h4-11,24H,3,12-17H2,1-2H3,(H,25,26);1H. The first-order valence-corrected chi connectivity index (χ1v) is 12.1. The Morgan fingerprint density at radius 1 is 1.00 bits per heavy atom. The fourth-order valence-electron chi connectivity index (χ4n) is 3.45. The molecule has 32 heavy (non-hydrogen) atoms. The van der Waals surface area contributed by atoms with Crippen molar-refractivity contribution in [1.82, 2.24) is 14.9 Å². The Hall–Kier alpha value is -1.92. The van der Waals surface area contributed by atoms with E-state index in [0.717, 1.165) is 55.5 Å². The van der Waals surface area contributed by atoms with Crippen LogP contribution in [0.1, 0.15) is 18.1 Å². The molecule has 1 fully saturated rings. The van der Waals surface area contributed by atoms with E-state index in [1.807, 2.05) is 43.3 Å².